The van der Waals surface area contributed by atoms with Gasteiger partial charge in [-0.05, 0) is 31.5 Å². The molecular formula is C12H13NO3S. The highest BCUT2D eigenvalue weighted by molar-refractivity contribution is 7.86. The van der Waals surface area contributed by atoms with Gasteiger partial charge in [-0.1, -0.05) is 12.1 Å². The summed E-state index contributed by atoms with van der Waals surface area (Å²) in [7, 11) is -1.53. The van der Waals surface area contributed by atoms with E-state index in [4.69, 9.17) is 10.4 Å². The molecule has 0 aliphatic rings. The van der Waals surface area contributed by atoms with Crippen molar-refractivity contribution in [3.05, 3.63) is 35.4 Å². The lowest BCUT2D eigenvalue weighted by molar-refractivity contribution is -0.139. The molecule has 90 valence electrons. The second-order valence-electron chi connectivity index (χ2n) is 4.12. The lowest BCUT2D eigenvalue weighted by Gasteiger charge is -2.18. The molecule has 4 nitrogen and oxygen atoms in total. The number of rotatable bonds is 4. The van der Waals surface area contributed by atoms with Crippen LogP contribution in [0.25, 0.3) is 0 Å². The number of nitriles is 1. The van der Waals surface area contributed by atoms with Crippen molar-refractivity contribution in [3.8, 4) is 6.07 Å². The van der Waals surface area contributed by atoms with Gasteiger partial charge in [-0.2, -0.15) is 5.26 Å². The quantitative estimate of drug-likeness (QED) is 0.882. The Morgan fingerprint density at radius 3 is 2.71 bits per heavy atom. The Labute approximate surface area is 102 Å². The van der Waals surface area contributed by atoms with Crippen LogP contribution in [-0.4, -0.2) is 20.0 Å². The number of carbonyl (C=O) groups is 1. The molecule has 1 N–H and O–H groups in total. The van der Waals surface area contributed by atoms with E-state index in [1.165, 1.54) is 13.8 Å². The van der Waals surface area contributed by atoms with Gasteiger partial charge in [0.1, 0.15) is 4.75 Å². The average molecular weight is 251 g/mol. The van der Waals surface area contributed by atoms with Crippen LogP contribution in [0.2, 0.25) is 0 Å². The van der Waals surface area contributed by atoms with Gasteiger partial charge in [0.2, 0.25) is 0 Å². The van der Waals surface area contributed by atoms with E-state index in [0.29, 0.717) is 11.1 Å². The molecule has 0 heterocycles. The maximum absolute atomic E-state index is 11.9. The van der Waals surface area contributed by atoms with Gasteiger partial charge >= 0.3 is 5.97 Å². The predicted molar refractivity (Wildman–Crippen MR) is 64.7 cm³/mol. The summed E-state index contributed by atoms with van der Waals surface area (Å²) in [4.78, 5) is 10.9. The third kappa shape index (κ3) is 3.14. The van der Waals surface area contributed by atoms with Crippen molar-refractivity contribution in [3.63, 3.8) is 0 Å². The van der Waals surface area contributed by atoms with Gasteiger partial charge in [-0.3, -0.25) is 9.00 Å². The van der Waals surface area contributed by atoms with Crippen LogP contribution in [0.15, 0.2) is 24.3 Å². The maximum Gasteiger partial charge on any atom is 0.321 e. The fourth-order valence-electron chi connectivity index (χ4n) is 1.16. The normalized spacial score (nSPS) is 12.8. The van der Waals surface area contributed by atoms with Crippen LogP contribution < -0.4 is 0 Å². The van der Waals surface area contributed by atoms with E-state index in [9.17, 15) is 9.00 Å². The van der Waals surface area contributed by atoms with Crippen molar-refractivity contribution < 1.29 is 14.1 Å². The van der Waals surface area contributed by atoms with Crippen molar-refractivity contribution in [2.45, 2.75) is 24.3 Å². The van der Waals surface area contributed by atoms with Crippen molar-refractivity contribution in [2.75, 3.05) is 0 Å². The molecule has 0 fully saturated rings. The summed E-state index contributed by atoms with van der Waals surface area (Å²) in [5, 5.41) is 17.7. The molecule has 1 aromatic carbocycles. The summed E-state index contributed by atoms with van der Waals surface area (Å²) in [6, 6.07) is 8.68. The smallest absolute Gasteiger partial charge is 0.321 e. The number of benzene rings is 1. The molecule has 1 atom stereocenters. The first kappa shape index (κ1) is 13.4. The zero-order chi connectivity index (χ0) is 13.1. The minimum atomic E-state index is -1.53. The first-order valence-corrected chi connectivity index (χ1v) is 6.30. The van der Waals surface area contributed by atoms with Crippen LogP contribution in [0.3, 0.4) is 0 Å². The fraction of sp³-hybridized carbons (Fsp3) is 0.333. The molecule has 17 heavy (non-hydrogen) atoms. The Bertz CT molecular complexity index is 503. The van der Waals surface area contributed by atoms with E-state index in [1.807, 2.05) is 6.07 Å². The lowest BCUT2D eigenvalue weighted by Crippen LogP contribution is -2.37. The molecule has 5 heteroatoms. The van der Waals surface area contributed by atoms with Gasteiger partial charge in [-0.15, -0.1) is 0 Å². The monoisotopic (exact) mass is 251 g/mol. The van der Waals surface area contributed by atoms with E-state index in [2.05, 4.69) is 0 Å². The molecule has 1 rings (SSSR count). The largest absolute Gasteiger partial charge is 0.480 e. The summed E-state index contributed by atoms with van der Waals surface area (Å²) >= 11 is 0. The first-order chi connectivity index (χ1) is 7.87. The van der Waals surface area contributed by atoms with Gasteiger partial charge in [0.25, 0.3) is 0 Å². The molecule has 1 aromatic rings. The third-order valence-electron chi connectivity index (χ3n) is 2.44. The standard InChI is InChI=1S/C12H13NO3S/c1-12(2,11(14)15)17(16)8-10-5-3-4-9(6-10)7-13/h3-6H,8H2,1-2H3,(H,14,15). The topological polar surface area (TPSA) is 78.2 Å². The molecule has 0 spiro atoms. The van der Waals surface area contributed by atoms with Gasteiger partial charge in [-0.25, -0.2) is 0 Å². The maximum atomic E-state index is 11.9. The van der Waals surface area contributed by atoms with Gasteiger partial charge in [0, 0.05) is 16.6 Å². The Hall–Kier alpha value is -1.67. The second kappa shape index (κ2) is 5.11. The van der Waals surface area contributed by atoms with E-state index in [1.54, 1.807) is 24.3 Å². The highest BCUT2D eigenvalue weighted by Crippen LogP contribution is 2.18. The lowest BCUT2D eigenvalue weighted by atomic mass is 10.2. The number of aliphatic carboxylic acids is 1. The molecule has 0 bridgehead atoms. The van der Waals surface area contributed by atoms with E-state index in [0.717, 1.165) is 0 Å². The zero-order valence-corrected chi connectivity index (χ0v) is 10.5. The summed E-state index contributed by atoms with van der Waals surface area (Å²) in [5.74, 6) is -0.957. The molecular weight excluding hydrogens is 238 g/mol. The molecule has 0 radical (unpaired) electrons. The predicted octanol–water partition coefficient (Wildman–Crippen LogP) is 1.67. The number of hydrogen-bond acceptors (Lipinski definition) is 3. The van der Waals surface area contributed by atoms with Crippen molar-refractivity contribution in [1.82, 2.24) is 0 Å². The number of carboxylic acids is 1. The Kier molecular flexibility index (Phi) is 4.02. The first-order valence-electron chi connectivity index (χ1n) is 4.99. The highest BCUT2D eigenvalue weighted by Gasteiger charge is 2.34. The van der Waals surface area contributed by atoms with Crippen LogP contribution in [-0.2, 0) is 21.3 Å². The molecule has 0 aliphatic heterocycles. The van der Waals surface area contributed by atoms with Gasteiger partial charge in [0.05, 0.1) is 11.6 Å². The van der Waals surface area contributed by atoms with Crippen molar-refractivity contribution >= 4 is 16.8 Å². The average Bonchev–Trinajstić information content (AvgIpc) is 2.29. The fourth-order valence-corrected chi connectivity index (χ4v) is 2.20. The third-order valence-corrected chi connectivity index (χ3v) is 4.35. The summed E-state index contributed by atoms with van der Waals surface area (Å²) in [6.45, 7) is 2.86. The van der Waals surface area contributed by atoms with Crippen LogP contribution in [0.1, 0.15) is 25.0 Å². The van der Waals surface area contributed by atoms with E-state index < -0.39 is 21.5 Å². The van der Waals surface area contributed by atoms with Crippen LogP contribution in [0.4, 0.5) is 0 Å². The van der Waals surface area contributed by atoms with Crippen LogP contribution >= 0.6 is 0 Å². The SMILES string of the molecule is CC(C)(C(=O)O)S(=O)Cc1cccc(C#N)c1. The Balaban J connectivity index is 2.89. The van der Waals surface area contributed by atoms with Crippen molar-refractivity contribution in [1.29, 1.82) is 5.26 Å². The van der Waals surface area contributed by atoms with Crippen LogP contribution in [0.5, 0.6) is 0 Å². The summed E-state index contributed by atoms with van der Waals surface area (Å²) in [6.07, 6.45) is 0. The van der Waals surface area contributed by atoms with E-state index >= 15 is 0 Å². The minimum Gasteiger partial charge on any atom is -0.480 e. The summed E-state index contributed by atoms with van der Waals surface area (Å²) < 4.78 is 10.6. The van der Waals surface area contributed by atoms with Crippen molar-refractivity contribution in [2.24, 2.45) is 0 Å². The van der Waals surface area contributed by atoms with Crippen LogP contribution in [0, 0.1) is 11.3 Å². The van der Waals surface area contributed by atoms with Gasteiger partial charge < -0.3 is 5.11 Å². The number of hydrogen-bond donors (Lipinski definition) is 1. The molecule has 1 unspecified atom stereocenters. The number of carboxylic acid groups (broad SMARTS) is 1. The molecule has 0 saturated carbocycles. The Morgan fingerprint density at radius 2 is 2.18 bits per heavy atom. The second-order valence-corrected chi connectivity index (χ2v) is 6.12. The summed E-state index contributed by atoms with van der Waals surface area (Å²) in [5.41, 5.74) is 1.18. The van der Waals surface area contributed by atoms with E-state index in [-0.39, 0.29) is 5.75 Å². The highest BCUT2D eigenvalue weighted by atomic mass is 32.2. The molecule has 0 aliphatic carbocycles. The molecule has 0 saturated heterocycles. The number of nitrogens with zero attached hydrogens (tertiary/aromatic N) is 1. The molecule has 0 aromatic heterocycles. The Morgan fingerprint density at radius 1 is 1.53 bits per heavy atom. The van der Waals surface area contributed by atoms with Gasteiger partial charge in [0.15, 0.2) is 0 Å². The minimum absolute atomic E-state index is 0.134. The molecule has 0 amide bonds. The zero-order valence-electron chi connectivity index (χ0n) is 9.64.